The molecule has 0 aliphatic carbocycles. The highest BCUT2D eigenvalue weighted by molar-refractivity contribution is 5.99. The second-order valence-electron chi connectivity index (χ2n) is 5.63. The highest BCUT2D eigenvalue weighted by atomic mass is 14.8. The maximum Gasteiger partial charge on any atom is 0.0670 e. The van der Waals surface area contributed by atoms with Gasteiger partial charge in [-0.2, -0.15) is 0 Å². The zero-order valence-electron chi connectivity index (χ0n) is 11.5. The van der Waals surface area contributed by atoms with E-state index in [0.29, 0.717) is 0 Å². The quantitative estimate of drug-likeness (QED) is 0.657. The van der Waals surface area contributed by atoms with Crippen molar-refractivity contribution in [3.63, 3.8) is 0 Å². The van der Waals surface area contributed by atoms with Crippen LogP contribution in [-0.4, -0.2) is 5.71 Å². The molecule has 1 aliphatic heterocycles. The van der Waals surface area contributed by atoms with Gasteiger partial charge in [-0.1, -0.05) is 45.7 Å². The molecule has 1 aromatic carbocycles. The molecule has 1 heterocycles. The van der Waals surface area contributed by atoms with Crippen LogP contribution in [-0.2, 0) is 11.8 Å². The molecule has 0 radical (unpaired) electrons. The van der Waals surface area contributed by atoms with Crippen LogP contribution in [0.4, 0.5) is 5.69 Å². The Morgan fingerprint density at radius 2 is 1.94 bits per heavy atom. The van der Waals surface area contributed by atoms with Crippen molar-refractivity contribution in [3.8, 4) is 0 Å². The smallest absolute Gasteiger partial charge is 0.0670 e. The van der Waals surface area contributed by atoms with Crippen molar-refractivity contribution in [1.82, 2.24) is 0 Å². The highest BCUT2D eigenvalue weighted by Gasteiger charge is 2.31. The van der Waals surface area contributed by atoms with Crippen LogP contribution >= 0.6 is 0 Å². The van der Waals surface area contributed by atoms with Gasteiger partial charge in [0.25, 0.3) is 0 Å². The number of hydrogen-bond donors (Lipinski definition) is 0. The van der Waals surface area contributed by atoms with Crippen molar-refractivity contribution in [2.45, 2.75) is 58.8 Å². The number of fused-ring (bicyclic) bond motifs is 1. The van der Waals surface area contributed by atoms with E-state index in [-0.39, 0.29) is 5.41 Å². The third kappa shape index (κ3) is 2.29. The monoisotopic (exact) mass is 229 g/mol. The van der Waals surface area contributed by atoms with Crippen LogP contribution in [0.2, 0.25) is 0 Å². The summed E-state index contributed by atoms with van der Waals surface area (Å²) in [6.45, 7) is 8.93. The maximum atomic E-state index is 4.66. The SMILES string of the molecule is CCCCCc1ccc2c(c1)C(C)(C)C(C)=N2. The Morgan fingerprint density at radius 1 is 1.18 bits per heavy atom. The summed E-state index contributed by atoms with van der Waals surface area (Å²) in [7, 11) is 0. The van der Waals surface area contributed by atoms with Crippen molar-refractivity contribution in [2.75, 3.05) is 0 Å². The molecule has 0 aromatic heterocycles. The lowest BCUT2D eigenvalue weighted by molar-refractivity contribution is 0.709. The number of nitrogens with zero attached hydrogens (tertiary/aromatic N) is 1. The fourth-order valence-corrected chi connectivity index (χ4v) is 2.43. The largest absolute Gasteiger partial charge is 0.257 e. The highest BCUT2D eigenvalue weighted by Crippen LogP contribution is 2.40. The minimum absolute atomic E-state index is 0.121. The third-order valence-electron chi connectivity index (χ3n) is 4.00. The summed E-state index contributed by atoms with van der Waals surface area (Å²) < 4.78 is 0. The van der Waals surface area contributed by atoms with Gasteiger partial charge in [-0.15, -0.1) is 0 Å². The first-order valence-electron chi connectivity index (χ1n) is 6.75. The zero-order chi connectivity index (χ0) is 12.5. The van der Waals surface area contributed by atoms with E-state index >= 15 is 0 Å². The molecule has 0 bridgehead atoms. The molecule has 0 saturated heterocycles. The van der Waals surface area contributed by atoms with Gasteiger partial charge >= 0.3 is 0 Å². The Balaban J connectivity index is 2.20. The van der Waals surface area contributed by atoms with Gasteiger partial charge in [0.1, 0.15) is 0 Å². The maximum absolute atomic E-state index is 4.66. The Morgan fingerprint density at radius 3 is 2.65 bits per heavy atom. The van der Waals surface area contributed by atoms with E-state index in [1.807, 2.05) is 0 Å². The van der Waals surface area contributed by atoms with E-state index in [1.54, 1.807) is 0 Å². The summed E-state index contributed by atoms with van der Waals surface area (Å²) in [4.78, 5) is 4.66. The van der Waals surface area contributed by atoms with Crippen LogP contribution in [0.25, 0.3) is 0 Å². The van der Waals surface area contributed by atoms with Crippen molar-refractivity contribution in [2.24, 2.45) is 4.99 Å². The number of unbranched alkanes of at least 4 members (excludes halogenated alkanes) is 2. The van der Waals surface area contributed by atoms with E-state index in [9.17, 15) is 0 Å². The number of aryl methyl sites for hydroxylation is 1. The summed E-state index contributed by atoms with van der Waals surface area (Å²) in [6.07, 6.45) is 5.13. The molecule has 2 rings (SSSR count). The lowest BCUT2D eigenvalue weighted by Gasteiger charge is -2.20. The zero-order valence-corrected chi connectivity index (χ0v) is 11.5. The van der Waals surface area contributed by atoms with Crippen LogP contribution in [0.1, 0.15) is 58.1 Å². The lowest BCUT2D eigenvalue weighted by Crippen LogP contribution is -2.22. The average Bonchev–Trinajstić information content (AvgIpc) is 2.51. The minimum Gasteiger partial charge on any atom is -0.257 e. The van der Waals surface area contributed by atoms with E-state index in [2.05, 4.69) is 50.9 Å². The molecule has 0 N–H and O–H groups in total. The third-order valence-corrected chi connectivity index (χ3v) is 4.00. The van der Waals surface area contributed by atoms with Crippen molar-refractivity contribution >= 4 is 11.4 Å². The first-order valence-corrected chi connectivity index (χ1v) is 6.75. The van der Waals surface area contributed by atoms with Crippen molar-refractivity contribution in [3.05, 3.63) is 29.3 Å². The molecule has 0 spiro atoms. The summed E-state index contributed by atoms with van der Waals surface area (Å²) in [5, 5.41) is 0. The fraction of sp³-hybridized carbons (Fsp3) is 0.562. The molecule has 0 amide bonds. The fourth-order valence-electron chi connectivity index (χ4n) is 2.43. The van der Waals surface area contributed by atoms with Gasteiger partial charge in [0.05, 0.1) is 5.69 Å². The predicted molar refractivity (Wildman–Crippen MR) is 75.5 cm³/mol. The first-order chi connectivity index (χ1) is 8.05. The van der Waals surface area contributed by atoms with Gasteiger partial charge in [-0.3, -0.25) is 4.99 Å². The van der Waals surface area contributed by atoms with Crippen molar-refractivity contribution in [1.29, 1.82) is 0 Å². The summed E-state index contributed by atoms with van der Waals surface area (Å²) >= 11 is 0. The Labute approximate surface area is 105 Å². The van der Waals surface area contributed by atoms with Gasteiger partial charge < -0.3 is 0 Å². The summed E-state index contributed by atoms with van der Waals surface area (Å²) in [6, 6.07) is 6.80. The Kier molecular flexibility index (Phi) is 3.37. The molecule has 17 heavy (non-hydrogen) atoms. The topological polar surface area (TPSA) is 12.4 Å². The van der Waals surface area contributed by atoms with E-state index < -0.39 is 0 Å². The molecule has 0 unspecified atom stereocenters. The van der Waals surface area contributed by atoms with Crippen LogP contribution in [0.5, 0.6) is 0 Å². The number of benzene rings is 1. The number of rotatable bonds is 4. The first kappa shape index (κ1) is 12.3. The second kappa shape index (κ2) is 4.64. The van der Waals surface area contributed by atoms with E-state index in [0.717, 1.165) is 0 Å². The lowest BCUT2D eigenvalue weighted by atomic mass is 9.81. The Hall–Kier alpha value is -1.11. The molecular weight excluding hydrogens is 206 g/mol. The van der Waals surface area contributed by atoms with Crippen LogP contribution in [0.3, 0.4) is 0 Å². The molecule has 1 nitrogen and oxygen atoms in total. The standard InChI is InChI=1S/C16H23N/c1-5-6-7-8-13-9-10-15-14(11-13)16(3,4)12(2)17-15/h9-11H,5-8H2,1-4H3. The molecule has 0 saturated carbocycles. The normalized spacial score (nSPS) is 16.8. The number of hydrogen-bond acceptors (Lipinski definition) is 1. The van der Waals surface area contributed by atoms with Crippen LogP contribution in [0.15, 0.2) is 23.2 Å². The predicted octanol–water partition coefficient (Wildman–Crippen LogP) is 4.80. The van der Waals surface area contributed by atoms with E-state index in [1.165, 1.54) is 48.2 Å². The molecule has 0 fully saturated rings. The molecule has 1 heteroatoms. The minimum atomic E-state index is 0.121. The average molecular weight is 229 g/mol. The van der Waals surface area contributed by atoms with Gasteiger partial charge in [0.2, 0.25) is 0 Å². The number of aliphatic imine (C=N–C) groups is 1. The molecular formula is C16H23N. The van der Waals surface area contributed by atoms with Gasteiger partial charge in [-0.05, 0) is 37.0 Å². The Bertz CT molecular complexity index is 441. The van der Waals surface area contributed by atoms with Crippen LogP contribution in [0, 0.1) is 0 Å². The molecule has 1 aromatic rings. The summed E-state index contributed by atoms with van der Waals surface area (Å²) in [5.41, 5.74) is 5.40. The molecule has 92 valence electrons. The molecule has 0 atom stereocenters. The van der Waals surface area contributed by atoms with Gasteiger partial charge in [0.15, 0.2) is 0 Å². The molecule has 1 aliphatic rings. The van der Waals surface area contributed by atoms with Gasteiger partial charge in [-0.25, -0.2) is 0 Å². The summed E-state index contributed by atoms with van der Waals surface area (Å²) in [5.74, 6) is 0. The van der Waals surface area contributed by atoms with Crippen LogP contribution < -0.4 is 0 Å². The van der Waals surface area contributed by atoms with E-state index in [4.69, 9.17) is 0 Å². The van der Waals surface area contributed by atoms with Gasteiger partial charge in [0, 0.05) is 11.1 Å². The second-order valence-corrected chi connectivity index (χ2v) is 5.63. The van der Waals surface area contributed by atoms with Crippen molar-refractivity contribution < 1.29 is 0 Å².